The Morgan fingerprint density at radius 3 is 2.97 bits per heavy atom. The first-order chi connectivity index (χ1) is 14.7. The number of nitrogens with zero attached hydrogens (tertiary/aromatic N) is 5. The van der Waals surface area contributed by atoms with Gasteiger partial charge in [-0.3, -0.25) is 9.78 Å². The van der Waals surface area contributed by atoms with Crippen LogP contribution in [0.25, 0.3) is 11.5 Å². The molecule has 2 aliphatic heterocycles. The Morgan fingerprint density at radius 1 is 1.30 bits per heavy atom. The molecular weight excluding hydrogens is 402 g/mol. The van der Waals surface area contributed by atoms with Gasteiger partial charge in [0.05, 0.1) is 16.7 Å². The van der Waals surface area contributed by atoms with Crippen molar-refractivity contribution in [2.75, 3.05) is 19.7 Å². The van der Waals surface area contributed by atoms with Crippen molar-refractivity contribution in [1.29, 1.82) is 0 Å². The van der Waals surface area contributed by atoms with Crippen molar-refractivity contribution in [3.8, 4) is 11.5 Å². The van der Waals surface area contributed by atoms with Gasteiger partial charge in [0.15, 0.2) is 0 Å². The van der Waals surface area contributed by atoms with Crippen LogP contribution in [0.2, 0.25) is 0 Å². The highest BCUT2D eigenvalue weighted by Crippen LogP contribution is 2.39. The third-order valence-corrected chi connectivity index (χ3v) is 6.87. The SMILES string of the molecule is O=C(c1cccs1)N1CCC2(CC1)CC(Cc1nc(-c3cnccn3)no1)CCO2. The van der Waals surface area contributed by atoms with Gasteiger partial charge in [0.25, 0.3) is 5.91 Å². The predicted molar refractivity (Wildman–Crippen MR) is 110 cm³/mol. The first-order valence-corrected chi connectivity index (χ1v) is 11.1. The molecule has 3 aromatic heterocycles. The highest BCUT2D eigenvalue weighted by molar-refractivity contribution is 7.12. The van der Waals surface area contributed by atoms with E-state index in [-0.39, 0.29) is 11.5 Å². The zero-order valence-electron chi connectivity index (χ0n) is 16.6. The molecule has 2 saturated heterocycles. The van der Waals surface area contributed by atoms with E-state index in [9.17, 15) is 4.79 Å². The number of thiophene rings is 1. The number of piperidine rings is 1. The Kier molecular flexibility index (Phi) is 5.30. The quantitative estimate of drug-likeness (QED) is 0.633. The van der Waals surface area contributed by atoms with E-state index in [4.69, 9.17) is 9.26 Å². The normalized spacial score (nSPS) is 21.1. The summed E-state index contributed by atoms with van der Waals surface area (Å²) < 4.78 is 11.7. The van der Waals surface area contributed by atoms with Crippen LogP contribution in [0.4, 0.5) is 0 Å². The van der Waals surface area contributed by atoms with Crippen LogP contribution >= 0.6 is 11.3 Å². The molecule has 2 fully saturated rings. The molecule has 0 aromatic carbocycles. The minimum absolute atomic E-state index is 0.134. The number of hydrogen-bond acceptors (Lipinski definition) is 8. The summed E-state index contributed by atoms with van der Waals surface area (Å²) in [6, 6.07) is 3.82. The molecule has 5 heterocycles. The van der Waals surface area contributed by atoms with E-state index in [2.05, 4.69) is 20.1 Å². The van der Waals surface area contributed by atoms with Crippen LogP contribution < -0.4 is 0 Å². The fraction of sp³-hybridized carbons (Fsp3) is 0.476. The average Bonchev–Trinajstić information content (AvgIpc) is 3.47. The zero-order chi connectivity index (χ0) is 20.4. The lowest BCUT2D eigenvalue weighted by molar-refractivity contribution is -0.123. The molecule has 1 spiro atoms. The molecule has 0 N–H and O–H groups in total. The molecule has 0 saturated carbocycles. The Balaban J connectivity index is 1.20. The van der Waals surface area contributed by atoms with Gasteiger partial charge >= 0.3 is 0 Å². The van der Waals surface area contributed by atoms with Crippen molar-refractivity contribution in [2.24, 2.45) is 5.92 Å². The highest BCUT2D eigenvalue weighted by atomic mass is 32.1. The van der Waals surface area contributed by atoms with Gasteiger partial charge in [-0.1, -0.05) is 11.2 Å². The Labute approximate surface area is 178 Å². The minimum atomic E-state index is -0.150. The molecule has 1 unspecified atom stereocenters. The topological polar surface area (TPSA) is 94.2 Å². The number of rotatable bonds is 4. The largest absolute Gasteiger partial charge is 0.375 e. The average molecular weight is 426 g/mol. The van der Waals surface area contributed by atoms with Gasteiger partial charge in [-0.25, -0.2) is 4.98 Å². The van der Waals surface area contributed by atoms with Gasteiger partial charge in [-0.2, -0.15) is 4.98 Å². The van der Waals surface area contributed by atoms with Crippen molar-refractivity contribution in [2.45, 2.75) is 37.7 Å². The summed E-state index contributed by atoms with van der Waals surface area (Å²) in [5.41, 5.74) is 0.460. The van der Waals surface area contributed by atoms with E-state index in [1.165, 1.54) is 11.3 Å². The van der Waals surface area contributed by atoms with E-state index >= 15 is 0 Å². The van der Waals surface area contributed by atoms with Crippen molar-refractivity contribution >= 4 is 17.2 Å². The monoisotopic (exact) mass is 425 g/mol. The first-order valence-electron chi connectivity index (χ1n) is 10.3. The van der Waals surface area contributed by atoms with Crippen LogP contribution in [-0.4, -0.2) is 56.2 Å². The molecule has 5 rings (SSSR count). The second-order valence-electron chi connectivity index (χ2n) is 7.97. The number of likely N-dealkylation sites (tertiary alicyclic amines) is 1. The molecule has 2 aliphatic rings. The summed E-state index contributed by atoms with van der Waals surface area (Å²) in [6.07, 6.45) is 9.26. The van der Waals surface area contributed by atoms with Crippen LogP contribution in [0.1, 0.15) is 41.2 Å². The van der Waals surface area contributed by atoms with E-state index in [1.54, 1.807) is 18.6 Å². The van der Waals surface area contributed by atoms with Crippen LogP contribution in [0.15, 0.2) is 40.6 Å². The van der Waals surface area contributed by atoms with Crippen molar-refractivity contribution in [3.63, 3.8) is 0 Å². The summed E-state index contributed by atoms with van der Waals surface area (Å²) in [5, 5.41) is 5.99. The van der Waals surface area contributed by atoms with Crippen LogP contribution in [-0.2, 0) is 11.2 Å². The summed E-state index contributed by atoms with van der Waals surface area (Å²) in [5.74, 6) is 1.66. The molecule has 3 aromatic rings. The standard InChI is InChI=1S/C21H23N5O3S/c27-20(17-2-1-11-30-17)26-8-4-21(5-9-26)13-15(3-10-28-21)12-18-24-19(25-29-18)16-14-22-6-7-23-16/h1-2,6-7,11,14-15H,3-5,8-10,12-13H2. The molecule has 1 atom stereocenters. The van der Waals surface area contributed by atoms with Crippen molar-refractivity contribution < 1.29 is 14.1 Å². The third kappa shape index (κ3) is 3.99. The summed E-state index contributed by atoms with van der Waals surface area (Å²) in [7, 11) is 0. The number of carbonyl (C=O) groups excluding carboxylic acids is 1. The second-order valence-corrected chi connectivity index (χ2v) is 8.91. The molecular formula is C21H23N5O3S. The first kappa shape index (κ1) is 19.3. The number of hydrogen-bond donors (Lipinski definition) is 0. The minimum Gasteiger partial charge on any atom is -0.375 e. The van der Waals surface area contributed by atoms with E-state index in [0.717, 1.165) is 56.7 Å². The molecule has 156 valence electrons. The fourth-order valence-electron chi connectivity index (χ4n) is 4.43. The molecule has 30 heavy (non-hydrogen) atoms. The zero-order valence-corrected chi connectivity index (χ0v) is 17.4. The molecule has 9 heteroatoms. The number of aromatic nitrogens is 4. The predicted octanol–water partition coefficient (Wildman–Crippen LogP) is 3.23. The molecule has 0 bridgehead atoms. The van der Waals surface area contributed by atoms with Gasteiger partial charge in [0.2, 0.25) is 11.7 Å². The van der Waals surface area contributed by atoms with Gasteiger partial charge in [-0.05, 0) is 43.0 Å². The van der Waals surface area contributed by atoms with Gasteiger partial charge < -0.3 is 14.2 Å². The number of carbonyl (C=O) groups is 1. The molecule has 0 radical (unpaired) electrons. The van der Waals surface area contributed by atoms with Gasteiger partial charge in [0, 0.05) is 38.5 Å². The second kappa shape index (κ2) is 8.23. The molecule has 0 aliphatic carbocycles. The Hall–Kier alpha value is -2.65. The van der Waals surface area contributed by atoms with E-state index in [0.29, 0.717) is 23.3 Å². The lowest BCUT2D eigenvalue weighted by Crippen LogP contribution is -2.50. The number of ether oxygens (including phenoxy) is 1. The summed E-state index contributed by atoms with van der Waals surface area (Å²) in [6.45, 7) is 2.20. The van der Waals surface area contributed by atoms with E-state index < -0.39 is 0 Å². The van der Waals surface area contributed by atoms with Gasteiger partial charge in [0.1, 0.15) is 5.69 Å². The van der Waals surface area contributed by atoms with Gasteiger partial charge in [-0.15, -0.1) is 11.3 Å². The fourth-order valence-corrected chi connectivity index (χ4v) is 5.12. The van der Waals surface area contributed by atoms with Crippen LogP contribution in [0.3, 0.4) is 0 Å². The lowest BCUT2D eigenvalue weighted by Gasteiger charge is -2.46. The van der Waals surface area contributed by atoms with Crippen molar-refractivity contribution in [1.82, 2.24) is 25.0 Å². The number of amides is 1. The molecule has 8 nitrogen and oxygen atoms in total. The Bertz CT molecular complexity index is 983. The van der Waals surface area contributed by atoms with Crippen molar-refractivity contribution in [3.05, 3.63) is 46.9 Å². The lowest BCUT2D eigenvalue weighted by atomic mass is 9.78. The maximum atomic E-state index is 12.6. The maximum Gasteiger partial charge on any atom is 0.263 e. The smallest absolute Gasteiger partial charge is 0.263 e. The van der Waals surface area contributed by atoms with E-state index in [1.807, 2.05) is 22.4 Å². The highest BCUT2D eigenvalue weighted by Gasteiger charge is 2.41. The van der Waals surface area contributed by atoms with Crippen LogP contribution in [0, 0.1) is 5.92 Å². The third-order valence-electron chi connectivity index (χ3n) is 6.01. The Morgan fingerprint density at radius 2 is 2.20 bits per heavy atom. The maximum absolute atomic E-state index is 12.6. The summed E-state index contributed by atoms with van der Waals surface area (Å²) >= 11 is 1.50. The summed E-state index contributed by atoms with van der Waals surface area (Å²) in [4.78, 5) is 28.1. The molecule has 1 amide bonds. The van der Waals surface area contributed by atoms with Crippen LogP contribution in [0.5, 0.6) is 0 Å².